The molecule has 2 heterocycles. The summed E-state index contributed by atoms with van der Waals surface area (Å²) in [5.41, 5.74) is 3.60. The van der Waals surface area contributed by atoms with Crippen LogP contribution in [0.5, 0.6) is 5.75 Å². The molecule has 2 fully saturated rings. The molecule has 6 rings (SSSR count). The average molecular weight is 519 g/mol. The molecule has 3 unspecified atom stereocenters. The number of benzene rings is 4. The van der Waals surface area contributed by atoms with Crippen LogP contribution in [0, 0.1) is 5.92 Å². The molecule has 0 radical (unpaired) electrons. The second-order valence-corrected chi connectivity index (χ2v) is 9.51. The maximum absolute atomic E-state index is 13.8. The van der Waals surface area contributed by atoms with E-state index in [4.69, 9.17) is 9.57 Å². The van der Waals surface area contributed by atoms with Crippen LogP contribution >= 0.6 is 0 Å². The zero-order valence-corrected chi connectivity index (χ0v) is 21.3. The molecule has 7 heteroatoms. The first-order valence-corrected chi connectivity index (χ1v) is 12.9. The Morgan fingerprint density at radius 1 is 0.769 bits per heavy atom. The van der Waals surface area contributed by atoms with E-state index in [0.717, 1.165) is 23.2 Å². The molecule has 4 aromatic rings. The Bertz CT molecular complexity index is 1500. The minimum Gasteiger partial charge on any atom is -0.423 e. The van der Waals surface area contributed by atoms with Gasteiger partial charge in [-0.05, 0) is 66.1 Å². The Labute approximate surface area is 226 Å². The molecule has 0 N–H and O–H groups in total. The minimum atomic E-state index is -0.954. The zero-order chi connectivity index (χ0) is 26.9. The van der Waals surface area contributed by atoms with E-state index in [9.17, 15) is 14.4 Å². The number of hydrogen-bond acceptors (Lipinski definition) is 6. The number of imide groups is 1. The van der Waals surface area contributed by atoms with Gasteiger partial charge in [-0.15, -0.1) is 0 Å². The van der Waals surface area contributed by atoms with E-state index in [2.05, 4.69) is 6.92 Å². The van der Waals surface area contributed by atoms with Crippen LogP contribution in [0.2, 0.25) is 0 Å². The molecule has 0 bridgehead atoms. The Balaban J connectivity index is 1.32. The van der Waals surface area contributed by atoms with Gasteiger partial charge in [0.25, 0.3) is 5.91 Å². The SMILES string of the molecule is CCc1ccc(N2C(=O)C3ON(c4ccccc4)C(c4ccc(OC(=O)c5ccccc5)cc4)C3C2=O)cc1. The van der Waals surface area contributed by atoms with Crippen LogP contribution in [-0.4, -0.2) is 23.9 Å². The van der Waals surface area contributed by atoms with Gasteiger partial charge in [0.05, 0.1) is 23.0 Å². The third-order valence-electron chi connectivity index (χ3n) is 7.17. The molecule has 194 valence electrons. The predicted molar refractivity (Wildman–Crippen MR) is 146 cm³/mol. The molecule has 2 amide bonds. The Hall–Kier alpha value is -4.75. The maximum atomic E-state index is 13.8. The van der Waals surface area contributed by atoms with E-state index in [-0.39, 0.29) is 11.8 Å². The van der Waals surface area contributed by atoms with Crippen LogP contribution in [-0.2, 0) is 20.8 Å². The smallest absolute Gasteiger partial charge is 0.343 e. The third-order valence-corrected chi connectivity index (χ3v) is 7.17. The van der Waals surface area contributed by atoms with E-state index >= 15 is 0 Å². The summed E-state index contributed by atoms with van der Waals surface area (Å²) in [4.78, 5) is 47.3. The lowest BCUT2D eigenvalue weighted by Crippen LogP contribution is -2.37. The number of amides is 2. The van der Waals surface area contributed by atoms with E-state index in [1.807, 2.05) is 48.5 Å². The molecule has 0 saturated carbocycles. The minimum absolute atomic E-state index is 0.308. The van der Waals surface area contributed by atoms with Gasteiger partial charge in [-0.3, -0.25) is 14.4 Å². The van der Waals surface area contributed by atoms with E-state index < -0.39 is 24.0 Å². The summed E-state index contributed by atoms with van der Waals surface area (Å²) >= 11 is 0. The lowest BCUT2D eigenvalue weighted by molar-refractivity contribution is -0.126. The molecule has 2 aliphatic rings. The second kappa shape index (κ2) is 10.2. The molecule has 0 spiro atoms. The van der Waals surface area contributed by atoms with Crippen LogP contribution in [0.25, 0.3) is 0 Å². The molecule has 4 aromatic carbocycles. The summed E-state index contributed by atoms with van der Waals surface area (Å²) in [6.45, 7) is 2.05. The second-order valence-electron chi connectivity index (χ2n) is 9.51. The normalized spacial score (nSPS) is 20.3. The number of hydrogen-bond donors (Lipinski definition) is 0. The van der Waals surface area contributed by atoms with Crippen LogP contribution in [0.3, 0.4) is 0 Å². The summed E-state index contributed by atoms with van der Waals surface area (Å²) < 4.78 is 5.54. The van der Waals surface area contributed by atoms with Crippen molar-refractivity contribution in [2.45, 2.75) is 25.5 Å². The number of aryl methyl sites for hydroxylation is 1. The van der Waals surface area contributed by atoms with Crippen molar-refractivity contribution in [2.24, 2.45) is 5.92 Å². The summed E-state index contributed by atoms with van der Waals surface area (Å²) in [6.07, 6.45) is -0.0921. The standard InChI is InChI=1S/C32H26N2O5/c1-2-21-13-17-24(18-14-21)33-30(35)27-28(34(39-29(27)31(33)36)25-11-7-4-8-12-25)22-15-19-26(20-16-22)38-32(37)23-9-5-3-6-10-23/h3-20,27-29H,2H2,1H3. The fourth-order valence-corrected chi connectivity index (χ4v) is 5.16. The lowest BCUT2D eigenvalue weighted by atomic mass is 9.90. The number of para-hydroxylation sites is 1. The van der Waals surface area contributed by atoms with Gasteiger partial charge in [0.15, 0.2) is 6.10 Å². The van der Waals surface area contributed by atoms with E-state index in [1.54, 1.807) is 65.7 Å². The highest BCUT2D eigenvalue weighted by molar-refractivity contribution is 6.23. The average Bonchev–Trinajstić information content (AvgIpc) is 3.50. The number of anilines is 2. The summed E-state index contributed by atoms with van der Waals surface area (Å²) in [7, 11) is 0. The number of nitrogens with zero attached hydrogens (tertiary/aromatic N) is 2. The molecule has 7 nitrogen and oxygen atoms in total. The quantitative estimate of drug-likeness (QED) is 0.190. The zero-order valence-electron chi connectivity index (χ0n) is 21.3. The first-order valence-electron chi connectivity index (χ1n) is 12.9. The van der Waals surface area contributed by atoms with Crippen LogP contribution in [0.4, 0.5) is 11.4 Å². The highest BCUT2D eigenvalue weighted by atomic mass is 16.7. The van der Waals surface area contributed by atoms with Gasteiger partial charge in [0.2, 0.25) is 5.91 Å². The van der Waals surface area contributed by atoms with Gasteiger partial charge in [-0.25, -0.2) is 14.8 Å². The first kappa shape index (κ1) is 24.6. The van der Waals surface area contributed by atoms with Crippen molar-refractivity contribution in [1.82, 2.24) is 0 Å². The van der Waals surface area contributed by atoms with Crippen LogP contribution in [0.15, 0.2) is 109 Å². The number of carbonyl (C=O) groups is 3. The monoisotopic (exact) mass is 518 g/mol. The third kappa shape index (κ3) is 4.47. The van der Waals surface area contributed by atoms with Crippen molar-refractivity contribution in [3.8, 4) is 5.75 Å². The van der Waals surface area contributed by atoms with E-state index in [1.165, 1.54) is 4.90 Å². The lowest BCUT2D eigenvalue weighted by Gasteiger charge is -2.28. The Kier molecular flexibility index (Phi) is 6.42. The highest BCUT2D eigenvalue weighted by Crippen LogP contribution is 2.47. The number of rotatable bonds is 6. The van der Waals surface area contributed by atoms with Crippen LogP contribution in [0.1, 0.15) is 34.5 Å². The molecule has 0 aromatic heterocycles. The van der Waals surface area contributed by atoms with Crippen molar-refractivity contribution < 1.29 is 24.0 Å². The maximum Gasteiger partial charge on any atom is 0.343 e. The number of hydroxylamine groups is 1. The molecule has 0 aliphatic carbocycles. The topological polar surface area (TPSA) is 76.2 Å². The molecule has 2 aliphatic heterocycles. The number of fused-ring (bicyclic) bond motifs is 1. The fraction of sp³-hybridized carbons (Fsp3) is 0.156. The molecule has 3 atom stereocenters. The van der Waals surface area contributed by atoms with Crippen molar-refractivity contribution >= 4 is 29.2 Å². The molecular formula is C32H26N2O5. The number of ether oxygens (including phenoxy) is 1. The van der Waals surface area contributed by atoms with E-state index in [0.29, 0.717) is 17.0 Å². The van der Waals surface area contributed by atoms with Gasteiger partial charge in [0.1, 0.15) is 11.7 Å². The summed E-state index contributed by atoms with van der Waals surface area (Å²) in [6, 6.07) is 32.0. The van der Waals surface area contributed by atoms with Gasteiger partial charge >= 0.3 is 5.97 Å². The largest absolute Gasteiger partial charge is 0.423 e. The molecular weight excluding hydrogens is 492 g/mol. The first-order chi connectivity index (χ1) is 19.0. The fourth-order valence-electron chi connectivity index (χ4n) is 5.16. The number of carbonyl (C=O) groups excluding carboxylic acids is 3. The Morgan fingerprint density at radius 2 is 1.41 bits per heavy atom. The molecule has 39 heavy (non-hydrogen) atoms. The van der Waals surface area contributed by atoms with Crippen molar-refractivity contribution in [3.63, 3.8) is 0 Å². The Morgan fingerprint density at radius 3 is 2.05 bits per heavy atom. The highest BCUT2D eigenvalue weighted by Gasteiger charge is 2.60. The van der Waals surface area contributed by atoms with Crippen molar-refractivity contribution in [3.05, 3.63) is 126 Å². The number of esters is 1. The summed E-state index contributed by atoms with van der Waals surface area (Å²) in [5.74, 6) is -1.52. The van der Waals surface area contributed by atoms with Crippen molar-refractivity contribution in [1.29, 1.82) is 0 Å². The van der Waals surface area contributed by atoms with Gasteiger partial charge in [-0.2, -0.15) is 0 Å². The molecule has 2 saturated heterocycles. The van der Waals surface area contributed by atoms with Crippen molar-refractivity contribution in [2.75, 3.05) is 9.96 Å². The predicted octanol–water partition coefficient (Wildman–Crippen LogP) is 5.52. The summed E-state index contributed by atoms with van der Waals surface area (Å²) in [5, 5.41) is 1.65. The van der Waals surface area contributed by atoms with Crippen LogP contribution < -0.4 is 14.7 Å². The van der Waals surface area contributed by atoms with Gasteiger partial charge in [-0.1, -0.05) is 67.6 Å². The van der Waals surface area contributed by atoms with Gasteiger partial charge in [0, 0.05) is 0 Å². The van der Waals surface area contributed by atoms with Gasteiger partial charge < -0.3 is 4.74 Å².